The lowest BCUT2D eigenvalue weighted by molar-refractivity contribution is 0.332. The Bertz CT molecular complexity index is 2790. The lowest BCUT2D eigenvalue weighted by Crippen LogP contribution is -2.33. The molecule has 242 valence electrons. The molecule has 1 aliphatic rings. The lowest BCUT2D eigenvalue weighted by atomic mass is 9.63. The monoisotopic (exact) mass is 644 g/mol. The third-order valence-electron chi connectivity index (χ3n) is 11.8. The second-order valence-corrected chi connectivity index (χ2v) is 15.6. The van der Waals surface area contributed by atoms with Crippen LogP contribution in [0.4, 0.5) is 0 Å². The van der Waals surface area contributed by atoms with Crippen LogP contribution in [-0.4, -0.2) is 9.13 Å². The molecule has 0 bridgehead atoms. The summed E-state index contributed by atoms with van der Waals surface area (Å²) in [5.41, 5.74) is 13.1. The van der Waals surface area contributed by atoms with Crippen molar-refractivity contribution < 1.29 is 0 Å². The van der Waals surface area contributed by atoms with Gasteiger partial charge in [-0.15, -0.1) is 0 Å². The van der Waals surface area contributed by atoms with Crippen LogP contribution < -0.4 is 0 Å². The van der Waals surface area contributed by atoms with Gasteiger partial charge in [0.1, 0.15) is 0 Å². The van der Waals surface area contributed by atoms with E-state index in [-0.39, 0.29) is 10.8 Å². The molecule has 0 saturated heterocycles. The van der Waals surface area contributed by atoms with E-state index >= 15 is 0 Å². The summed E-state index contributed by atoms with van der Waals surface area (Å²) in [6.07, 6.45) is 2.38. The Hall–Kier alpha value is -5.60. The molecule has 0 amide bonds. The lowest BCUT2D eigenvalue weighted by Gasteiger charge is -2.42. The van der Waals surface area contributed by atoms with Crippen molar-refractivity contribution in [2.24, 2.45) is 0 Å². The van der Waals surface area contributed by atoms with Gasteiger partial charge in [0, 0.05) is 32.6 Å². The highest BCUT2D eigenvalue weighted by molar-refractivity contribution is 6.24. The number of fused-ring (bicyclic) bond motifs is 9. The zero-order valence-corrected chi connectivity index (χ0v) is 29.2. The van der Waals surface area contributed by atoms with Crippen LogP contribution in [0.3, 0.4) is 0 Å². The smallest absolute Gasteiger partial charge is 0.0789 e. The molecule has 0 fully saturated rings. The number of hydrogen-bond donors (Lipinski definition) is 0. The molecule has 0 saturated carbocycles. The van der Waals surface area contributed by atoms with Crippen molar-refractivity contribution in [2.75, 3.05) is 0 Å². The molecular weight excluding hydrogens is 605 g/mol. The molecule has 0 N–H and O–H groups in total. The van der Waals surface area contributed by atoms with E-state index in [9.17, 15) is 0 Å². The summed E-state index contributed by atoms with van der Waals surface area (Å²) in [5, 5.41) is 7.68. The van der Waals surface area contributed by atoms with Crippen LogP contribution in [0, 0.1) is 0 Å². The fourth-order valence-electron chi connectivity index (χ4n) is 9.05. The number of rotatable bonds is 3. The van der Waals surface area contributed by atoms with Gasteiger partial charge in [-0.3, -0.25) is 0 Å². The highest BCUT2D eigenvalue weighted by atomic mass is 15.0. The topological polar surface area (TPSA) is 9.86 Å². The number of benzene rings is 7. The van der Waals surface area contributed by atoms with Crippen LogP contribution in [0.15, 0.2) is 146 Å². The molecule has 2 aromatic heterocycles. The summed E-state index contributed by atoms with van der Waals surface area (Å²) < 4.78 is 5.11. The van der Waals surface area contributed by atoms with E-state index in [1.54, 1.807) is 0 Å². The van der Waals surface area contributed by atoms with E-state index in [1.165, 1.54) is 101 Å². The van der Waals surface area contributed by atoms with Gasteiger partial charge in [0.25, 0.3) is 0 Å². The summed E-state index contributed by atoms with van der Waals surface area (Å²) >= 11 is 0. The van der Waals surface area contributed by atoms with Gasteiger partial charge in [-0.25, -0.2) is 0 Å². The van der Waals surface area contributed by atoms with Crippen molar-refractivity contribution in [1.29, 1.82) is 0 Å². The molecule has 9 aromatic rings. The first-order chi connectivity index (χ1) is 24.3. The first-order valence-corrected chi connectivity index (χ1v) is 18.0. The maximum Gasteiger partial charge on any atom is 0.0789 e. The van der Waals surface area contributed by atoms with Crippen molar-refractivity contribution in [3.05, 3.63) is 157 Å². The molecule has 2 nitrogen and oxygen atoms in total. The highest BCUT2D eigenvalue weighted by Gasteiger charge is 2.38. The van der Waals surface area contributed by atoms with Gasteiger partial charge >= 0.3 is 0 Å². The Morgan fingerprint density at radius 2 is 0.980 bits per heavy atom. The number of aromatic nitrogens is 2. The zero-order valence-electron chi connectivity index (χ0n) is 29.2. The van der Waals surface area contributed by atoms with Crippen LogP contribution >= 0.6 is 0 Å². The summed E-state index contributed by atoms with van der Waals surface area (Å²) in [5.74, 6) is 0. The minimum atomic E-state index is 0.112. The van der Waals surface area contributed by atoms with Crippen molar-refractivity contribution in [3.63, 3.8) is 0 Å². The van der Waals surface area contributed by atoms with Crippen molar-refractivity contribution in [2.45, 2.75) is 51.4 Å². The number of para-hydroxylation sites is 2. The van der Waals surface area contributed by atoms with Crippen molar-refractivity contribution in [1.82, 2.24) is 9.13 Å². The molecule has 10 rings (SSSR count). The second kappa shape index (κ2) is 10.5. The fraction of sp³-hybridized carbons (Fsp3) is 0.167. The Labute approximate surface area is 293 Å². The van der Waals surface area contributed by atoms with Crippen molar-refractivity contribution >= 4 is 54.4 Å². The molecule has 1 aliphatic carbocycles. The van der Waals surface area contributed by atoms with Gasteiger partial charge in [-0.05, 0) is 87.7 Å². The average Bonchev–Trinajstić information content (AvgIpc) is 3.66. The Morgan fingerprint density at radius 1 is 0.420 bits per heavy atom. The van der Waals surface area contributed by atoms with E-state index in [4.69, 9.17) is 0 Å². The summed E-state index contributed by atoms with van der Waals surface area (Å²) in [7, 11) is 0. The second-order valence-electron chi connectivity index (χ2n) is 15.6. The maximum absolute atomic E-state index is 2.56. The van der Waals surface area contributed by atoms with Crippen LogP contribution in [0.5, 0.6) is 0 Å². The molecule has 2 heteroatoms. The van der Waals surface area contributed by atoms with Gasteiger partial charge in [-0.1, -0.05) is 137 Å². The average molecular weight is 645 g/mol. The van der Waals surface area contributed by atoms with Crippen LogP contribution in [-0.2, 0) is 10.8 Å². The highest BCUT2D eigenvalue weighted by Crippen LogP contribution is 2.50. The maximum atomic E-state index is 2.56. The molecule has 0 atom stereocenters. The van der Waals surface area contributed by atoms with E-state index < -0.39 is 0 Å². The minimum Gasteiger partial charge on any atom is -0.307 e. The van der Waals surface area contributed by atoms with Gasteiger partial charge < -0.3 is 9.13 Å². The van der Waals surface area contributed by atoms with Gasteiger partial charge in [0.15, 0.2) is 0 Å². The van der Waals surface area contributed by atoms with Gasteiger partial charge in [0.05, 0.1) is 27.8 Å². The third-order valence-corrected chi connectivity index (χ3v) is 11.8. The fourth-order valence-corrected chi connectivity index (χ4v) is 9.05. The van der Waals surface area contributed by atoms with Gasteiger partial charge in [0.2, 0.25) is 0 Å². The molecule has 7 aromatic carbocycles. The van der Waals surface area contributed by atoms with Crippen LogP contribution in [0.25, 0.3) is 76.9 Å². The molecule has 2 heterocycles. The number of nitrogens with zero attached hydrogens (tertiary/aromatic N) is 2. The van der Waals surface area contributed by atoms with E-state index in [0.717, 1.165) is 0 Å². The minimum absolute atomic E-state index is 0.112. The van der Waals surface area contributed by atoms with E-state index in [2.05, 4.69) is 182 Å². The molecule has 50 heavy (non-hydrogen) atoms. The normalized spacial score (nSPS) is 15.4. The molecule has 0 radical (unpaired) electrons. The standard InChI is InChI=1S/C48H40N2/c1-47(2)27-28-48(3,4)41-30-44-39(29-40(41)47)38-24-23-37-36-21-13-14-22-42(36)50(46(37)45(38)49(44)32-17-9-6-10-18-32)43-26-25-33(31-15-7-5-8-16-31)34-19-11-12-20-35(34)43/h5-26,29-30H,27-28H2,1-4H3. The van der Waals surface area contributed by atoms with Crippen LogP contribution in [0.1, 0.15) is 51.7 Å². The summed E-state index contributed by atoms with van der Waals surface area (Å²) in [6.45, 7) is 9.73. The van der Waals surface area contributed by atoms with E-state index in [0.29, 0.717) is 0 Å². The first kappa shape index (κ1) is 29.3. The molecule has 0 unspecified atom stereocenters. The summed E-state index contributed by atoms with van der Waals surface area (Å²) in [6, 6.07) is 54.2. The SMILES string of the molecule is CC1(C)CCC(C)(C)c2cc3c(cc21)c1ccc2c4ccccc4n(-c4ccc(-c5ccccc5)c5ccccc45)c2c1n3-c1ccccc1. The number of hydrogen-bond acceptors (Lipinski definition) is 0. The first-order valence-electron chi connectivity index (χ1n) is 18.0. The molecular formula is C48H40N2. The van der Waals surface area contributed by atoms with Gasteiger partial charge in [-0.2, -0.15) is 0 Å². The Balaban J connectivity index is 1.41. The predicted octanol–water partition coefficient (Wildman–Crippen LogP) is 13.0. The third kappa shape index (κ3) is 4.08. The predicted molar refractivity (Wildman–Crippen MR) is 213 cm³/mol. The van der Waals surface area contributed by atoms with E-state index in [1.807, 2.05) is 0 Å². The molecule has 0 aliphatic heterocycles. The largest absolute Gasteiger partial charge is 0.307 e. The Morgan fingerprint density at radius 3 is 1.70 bits per heavy atom. The Kier molecular flexibility index (Phi) is 6.13. The zero-order chi connectivity index (χ0) is 33.8. The quantitative estimate of drug-likeness (QED) is 0.181. The molecule has 0 spiro atoms. The van der Waals surface area contributed by atoms with Crippen molar-refractivity contribution in [3.8, 4) is 22.5 Å². The van der Waals surface area contributed by atoms with Crippen LogP contribution in [0.2, 0.25) is 0 Å². The summed E-state index contributed by atoms with van der Waals surface area (Å²) in [4.78, 5) is 0.